The van der Waals surface area contributed by atoms with Gasteiger partial charge in [-0.15, -0.1) is 0 Å². The van der Waals surface area contributed by atoms with E-state index in [4.69, 9.17) is 10.8 Å². The maximum absolute atomic E-state index is 13.9. The Labute approximate surface area is 122 Å². The van der Waals surface area contributed by atoms with E-state index in [0.29, 0.717) is 5.13 Å². The van der Waals surface area contributed by atoms with Gasteiger partial charge >= 0.3 is 5.97 Å². The molecule has 0 aliphatic carbocycles. The van der Waals surface area contributed by atoms with Gasteiger partial charge in [-0.3, -0.25) is 0 Å². The molecule has 3 rings (SSSR count). The van der Waals surface area contributed by atoms with Gasteiger partial charge in [0.05, 0.1) is 21.5 Å². The van der Waals surface area contributed by atoms with Crippen molar-refractivity contribution in [2.75, 3.05) is 11.1 Å². The number of nitrogens with two attached hydrogens (primary N) is 1. The van der Waals surface area contributed by atoms with Crippen molar-refractivity contribution < 1.29 is 14.3 Å². The predicted octanol–water partition coefficient (Wildman–Crippen LogP) is 3.46. The minimum Gasteiger partial charge on any atom is -0.478 e. The van der Waals surface area contributed by atoms with Crippen molar-refractivity contribution in [3.63, 3.8) is 0 Å². The molecular formula is C14H10FN3O2S. The zero-order valence-corrected chi connectivity index (χ0v) is 11.4. The number of nitrogen functional groups attached to an aromatic ring is 1. The number of anilines is 3. The molecule has 21 heavy (non-hydrogen) atoms. The second-order valence-electron chi connectivity index (χ2n) is 4.34. The third-order valence-corrected chi connectivity index (χ3v) is 3.86. The van der Waals surface area contributed by atoms with Crippen LogP contribution >= 0.6 is 11.3 Å². The van der Waals surface area contributed by atoms with Crippen LogP contribution in [0.25, 0.3) is 10.2 Å². The molecule has 0 aliphatic heterocycles. The summed E-state index contributed by atoms with van der Waals surface area (Å²) in [7, 11) is 0. The molecule has 3 aromatic rings. The quantitative estimate of drug-likeness (QED) is 0.645. The van der Waals surface area contributed by atoms with Gasteiger partial charge in [0.2, 0.25) is 0 Å². The molecule has 0 saturated heterocycles. The zero-order valence-electron chi connectivity index (χ0n) is 10.6. The van der Waals surface area contributed by atoms with Gasteiger partial charge in [-0.1, -0.05) is 23.5 Å². The average molecular weight is 303 g/mol. The van der Waals surface area contributed by atoms with E-state index in [2.05, 4.69) is 10.3 Å². The van der Waals surface area contributed by atoms with Gasteiger partial charge in [-0.2, -0.15) is 0 Å². The number of thiazole rings is 1. The van der Waals surface area contributed by atoms with Gasteiger partial charge < -0.3 is 16.2 Å². The monoisotopic (exact) mass is 303 g/mol. The van der Waals surface area contributed by atoms with Crippen LogP contribution in [0.1, 0.15) is 10.4 Å². The highest BCUT2D eigenvalue weighted by Crippen LogP contribution is 2.30. The lowest BCUT2D eigenvalue weighted by Gasteiger charge is -2.07. The smallest absolute Gasteiger partial charge is 0.337 e. The van der Waals surface area contributed by atoms with E-state index < -0.39 is 11.8 Å². The van der Waals surface area contributed by atoms with Crippen molar-refractivity contribution in [3.05, 3.63) is 47.8 Å². The number of carbonyl (C=O) groups is 1. The van der Waals surface area contributed by atoms with E-state index in [1.807, 2.05) is 24.3 Å². The number of nitrogens with one attached hydrogen (secondary N) is 1. The van der Waals surface area contributed by atoms with Gasteiger partial charge in [-0.05, 0) is 24.3 Å². The first-order valence-corrected chi connectivity index (χ1v) is 6.81. The molecule has 0 unspecified atom stereocenters. The molecular weight excluding hydrogens is 293 g/mol. The minimum atomic E-state index is -1.21. The lowest BCUT2D eigenvalue weighted by atomic mass is 10.1. The fourth-order valence-electron chi connectivity index (χ4n) is 1.91. The van der Waals surface area contributed by atoms with Crippen molar-refractivity contribution >= 4 is 44.0 Å². The second kappa shape index (κ2) is 5.02. The normalized spacial score (nSPS) is 10.7. The van der Waals surface area contributed by atoms with Crippen LogP contribution in [-0.2, 0) is 0 Å². The number of carboxylic acid groups (broad SMARTS) is 1. The Morgan fingerprint density at radius 3 is 2.81 bits per heavy atom. The molecule has 0 amide bonds. The molecule has 0 radical (unpaired) electrons. The molecule has 1 aromatic heterocycles. The summed E-state index contributed by atoms with van der Waals surface area (Å²) in [5, 5.41) is 12.3. The number of aromatic carboxylic acids is 1. The number of rotatable bonds is 3. The summed E-state index contributed by atoms with van der Waals surface area (Å²) >= 11 is 1.35. The van der Waals surface area contributed by atoms with Crippen LogP contribution in [0, 0.1) is 5.82 Å². The highest BCUT2D eigenvalue weighted by atomic mass is 32.1. The van der Waals surface area contributed by atoms with Gasteiger partial charge in [0, 0.05) is 5.69 Å². The number of hydrogen-bond acceptors (Lipinski definition) is 5. The minimum absolute atomic E-state index is 0.0284. The van der Waals surface area contributed by atoms with Crippen molar-refractivity contribution in [1.29, 1.82) is 0 Å². The van der Waals surface area contributed by atoms with Gasteiger partial charge in [0.15, 0.2) is 5.13 Å². The highest BCUT2D eigenvalue weighted by molar-refractivity contribution is 7.22. The van der Waals surface area contributed by atoms with Crippen LogP contribution in [0.5, 0.6) is 0 Å². The summed E-state index contributed by atoms with van der Waals surface area (Å²) in [6, 6.07) is 9.65. The molecule has 0 bridgehead atoms. The molecule has 5 nitrogen and oxygen atoms in total. The Balaban J connectivity index is 2.00. The summed E-state index contributed by atoms with van der Waals surface area (Å²) in [5.41, 5.74) is 6.04. The number of hydrogen-bond donors (Lipinski definition) is 3. The molecule has 1 heterocycles. The molecule has 0 atom stereocenters. The molecule has 0 fully saturated rings. The average Bonchev–Trinajstić information content (AvgIpc) is 2.83. The van der Waals surface area contributed by atoms with Crippen molar-refractivity contribution in [2.45, 2.75) is 0 Å². The lowest BCUT2D eigenvalue weighted by molar-refractivity contribution is 0.0698. The maximum atomic E-state index is 13.9. The second-order valence-corrected chi connectivity index (χ2v) is 5.37. The fourth-order valence-corrected chi connectivity index (χ4v) is 2.79. The predicted molar refractivity (Wildman–Crippen MR) is 80.7 cm³/mol. The van der Waals surface area contributed by atoms with E-state index in [9.17, 15) is 9.18 Å². The van der Waals surface area contributed by atoms with Crippen LogP contribution in [-0.4, -0.2) is 16.1 Å². The number of para-hydroxylation sites is 1. The maximum Gasteiger partial charge on any atom is 0.337 e. The van der Waals surface area contributed by atoms with Gasteiger partial charge in [-0.25, -0.2) is 14.2 Å². The lowest BCUT2D eigenvalue weighted by Crippen LogP contribution is -2.05. The molecule has 106 valence electrons. The number of fused-ring (bicyclic) bond motifs is 1. The third kappa shape index (κ3) is 2.50. The summed E-state index contributed by atoms with van der Waals surface area (Å²) < 4.78 is 14.8. The summed E-state index contributed by atoms with van der Waals surface area (Å²) in [5.74, 6) is -1.84. The largest absolute Gasteiger partial charge is 0.478 e. The van der Waals surface area contributed by atoms with E-state index in [1.165, 1.54) is 17.4 Å². The molecule has 0 spiro atoms. The van der Waals surface area contributed by atoms with E-state index in [1.54, 1.807) is 0 Å². The first kappa shape index (κ1) is 13.3. The van der Waals surface area contributed by atoms with E-state index in [0.717, 1.165) is 16.3 Å². The number of benzene rings is 2. The zero-order chi connectivity index (χ0) is 15.0. The Bertz CT molecular complexity index is 814. The van der Waals surface area contributed by atoms with Crippen LogP contribution < -0.4 is 11.1 Å². The van der Waals surface area contributed by atoms with E-state index >= 15 is 0 Å². The van der Waals surface area contributed by atoms with Crippen molar-refractivity contribution in [1.82, 2.24) is 4.98 Å². The first-order valence-electron chi connectivity index (χ1n) is 5.99. The molecule has 4 N–H and O–H groups in total. The van der Waals surface area contributed by atoms with Crippen LogP contribution in [0.4, 0.5) is 20.9 Å². The Morgan fingerprint density at radius 1 is 1.33 bits per heavy atom. The number of halogens is 1. The number of nitrogens with zero attached hydrogens (tertiary/aromatic N) is 1. The summed E-state index contributed by atoms with van der Waals surface area (Å²) in [4.78, 5) is 15.3. The number of carboxylic acids is 1. The van der Waals surface area contributed by atoms with Crippen LogP contribution in [0.3, 0.4) is 0 Å². The molecule has 2 aromatic carbocycles. The molecule has 0 aliphatic rings. The topological polar surface area (TPSA) is 88.2 Å². The van der Waals surface area contributed by atoms with Crippen LogP contribution in [0.2, 0.25) is 0 Å². The van der Waals surface area contributed by atoms with Crippen molar-refractivity contribution in [2.24, 2.45) is 0 Å². The Morgan fingerprint density at radius 2 is 2.10 bits per heavy atom. The Kier molecular flexibility index (Phi) is 3.19. The van der Waals surface area contributed by atoms with Gasteiger partial charge in [0.25, 0.3) is 0 Å². The molecule has 7 heteroatoms. The highest BCUT2D eigenvalue weighted by Gasteiger charge is 2.14. The summed E-state index contributed by atoms with van der Waals surface area (Å²) in [6.45, 7) is 0. The van der Waals surface area contributed by atoms with Crippen molar-refractivity contribution in [3.8, 4) is 0 Å². The first-order chi connectivity index (χ1) is 10.0. The number of aromatic nitrogens is 1. The summed E-state index contributed by atoms with van der Waals surface area (Å²) in [6.07, 6.45) is 0. The fraction of sp³-hybridized carbons (Fsp3) is 0. The molecule has 0 saturated carbocycles. The van der Waals surface area contributed by atoms with Crippen LogP contribution in [0.15, 0.2) is 36.4 Å². The Hall–Kier alpha value is -2.67. The van der Waals surface area contributed by atoms with Gasteiger partial charge in [0.1, 0.15) is 5.82 Å². The standard InChI is InChI=1S/C14H10FN3O2S/c15-8-6-9(16)7(13(19)20)5-11(8)18-14-17-10-3-1-2-4-12(10)21-14/h1-6H,16H2,(H,17,18)(H,19,20). The SMILES string of the molecule is Nc1cc(F)c(Nc2nc3ccccc3s2)cc1C(=O)O. The van der Waals surface area contributed by atoms with E-state index in [-0.39, 0.29) is 16.9 Å². The third-order valence-electron chi connectivity index (χ3n) is 2.91.